The molecule has 0 saturated carbocycles. The Morgan fingerprint density at radius 2 is 2.23 bits per heavy atom. The fourth-order valence-corrected chi connectivity index (χ4v) is 6.58. The molecule has 142 valence electrons. The maximum Gasteiger partial charge on any atom is 0.251 e. The van der Waals surface area contributed by atoms with Gasteiger partial charge < -0.3 is 15.4 Å². The molecule has 0 aromatic heterocycles. The van der Waals surface area contributed by atoms with E-state index in [0.717, 1.165) is 12.1 Å². The van der Waals surface area contributed by atoms with Gasteiger partial charge in [-0.2, -0.15) is 0 Å². The number of amidine groups is 1. The lowest BCUT2D eigenvalue weighted by atomic mass is 10.2. The van der Waals surface area contributed by atoms with E-state index < -0.39 is 9.84 Å². The van der Waals surface area contributed by atoms with Gasteiger partial charge in [-0.3, -0.25) is 9.79 Å². The van der Waals surface area contributed by atoms with E-state index in [1.165, 1.54) is 11.8 Å². The number of anilines is 1. The molecule has 7 nitrogen and oxygen atoms in total. The predicted octanol–water partition coefficient (Wildman–Crippen LogP) is 1.52. The van der Waals surface area contributed by atoms with E-state index in [1.807, 2.05) is 19.1 Å². The number of hydrogen-bond donors (Lipinski definition) is 2. The van der Waals surface area contributed by atoms with Crippen LogP contribution in [0.25, 0.3) is 0 Å². The second kappa shape index (κ2) is 8.41. The van der Waals surface area contributed by atoms with Gasteiger partial charge in [-0.15, -0.1) is 0 Å². The SMILES string of the molecule is CCOCCCNC(=O)c1cccc(NC2=N[C@@H]3CS(=O)(=O)C[C@@H]3S2)c1. The smallest absolute Gasteiger partial charge is 0.251 e. The largest absolute Gasteiger partial charge is 0.382 e. The highest BCUT2D eigenvalue weighted by Crippen LogP contribution is 2.34. The summed E-state index contributed by atoms with van der Waals surface area (Å²) in [5.74, 6) is 0.176. The van der Waals surface area contributed by atoms with Crippen molar-refractivity contribution in [2.45, 2.75) is 24.6 Å². The summed E-state index contributed by atoms with van der Waals surface area (Å²) in [5, 5.41) is 6.78. The van der Waals surface area contributed by atoms with Gasteiger partial charge >= 0.3 is 0 Å². The first kappa shape index (κ1) is 19.2. The summed E-state index contributed by atoms with van der Waals surface area (Å²) in [6, 6.07) is 7.03. The van der Waals surface area contributed by atoms with Crippen LogP contribution >= 0.6 is 11.8 Å². The number of nitrogens with one attached hydrogen (secondary N) is 2. The van der Waals surface area contributed by atoms with Gasteiger partial charge in [0.05, 0.1) is 17.5 Å². The Bertz CT molecular complexity index is 795. The molecule has 3 rings (SSSR count). The molecule has 0 aliphatic carbocycles. The monoisotopic (exact) mass is 397 g/mol. The first-order chi connectivity index (χ1) is 12.5. The van der Waals surface area contributed by atoms with Crippen molar-refractivity contribution in [1.82, 2.24) is 5.32 Å². The van der Waals surface area contributed by atoms with Crippen molar-refractivity contribution < 1.29 is 17.9 Å². The molecule has 1 aromatic rings. The molecule has 2 atom stereocenters. The molecule has 1 saturated heterocycles. The molecule has 2 aliphatic rings. The number of carbonyl (C=O) groups excluding carboxylic acids is 1. The molecule has 9 heteroatoms. The van der Waals surface area contributed by atoms with Crippen molar-refractivity contribution >= 4 is 38.4 Å². The van der Waals surface area contributed by atoms with Gasteiger partial charge in [-0.05, 0) is 31.5 Å². The molecule has 1 fully saturated rings. The van der Waals surface area contributed by atoms with Crippen molar-refractivity contribution in [3.63, 3.8) is 0 Å². The minimum atomic E-state index is -2.95. The zero-order valence-corrected chi connectivity index (χ0v) is 16.2. The lowest BCUT2D eigenvalue weighted by Gasteiger charge is -2.09. The van der Waals surface area contributed by atoms with Gasteiger partial charge in [0.1, 0.15) is 0 Å². The van der Waals surface area contributed by atoms with E-state index in [0.29, 0.717) is 30.5 Å². The Balaban J connectivity index is 1.54. The maximum absolute atomic E-state index is 12.2. The molecular weight excluding hydrogens is 374 g/mol. The van der Waals surface area contributed by atoms with Crippen LogP contribution in [0.3, 0.4) is 0 Å². The van der Waals surface area contributed by atoms with Gasteiger partial charge in [-0.1, -0.05) is 17.8 Å². The predicted molar refractivity (Wildman–Crippen MR) is 105 cm³/mol. The third kappa shape index (κ3) is 4.99. The number of rotatable bonds is 7. The van der Waals surface area contributed by atoms with E-state index in [2.05, 4.69) is 15.6 Å². The van der Waals surface area contributed by atoms with Crippen LogP contribution in [0.1, 0.15) is 23.7 Å². The molecule has 2 aliphatic heterocycles. The molecule has 0 bridgehead atoms. The van der Waals surface area contributed by atoms with E-state index in [9.17, 15) is 13.2 Å². The third-order valence-corrected chi connectivity index (χ3v) is 7.29. The quantitative estimate of drug-likeness (QED) is 0.677. The van der Waals surface area contributed by atoms with Crippen LogP contribution < -0.4 is 10.6 Å². The fourth-order valence-electron chi connectivity index (χ4n) is 2.90. The summed E-state index contributed by atoms with van der Waals surface area (Å²) >= 11 is 1.46. The second-order valence-corrected chi connectivity index (χ2v) is 9.63. The zero-order valence-electron chi connectivity index (χ0n) is 14.6. The highest BCUT2D eigenvalue weighted by Gasteiger charge is 2.42. The highest BCUT2D eigenvalue weighted by molar-refractivity contribution is 8.15. The van der Waals surface area contributed by atoms with Crippen LogP contribution in [0.5, 0.6) is 0 Å². The number of carbonyl (C=O) groups is 1. The number of aliphatic imine (C=N–C) groups is 1. The zero-order chi connectivity index (χ0) is 18.6. The number of fused-ring (bicyclic) bond motifs is 1. The number of hydrogen-bond acceptors (Lipinski definition) is 7. The Morgan fingerprint density at radius 1 is 1.38 bits per heavy atom. The standard InChI is InChI=1S/C17H23N3O4S2/c1-2-24-8-4-7-18-16(21)12-5-3-6-13(9-12)19-17-20-14-10-26(22,23)11-15(14)25-17/h3,5-6,9,14-15H,2,4,7-8,10-11H2,1H3,(H,18,21)(H,19,20)/t14-,15+/m1/s1. The summed E-state index contributed by atoms with van der Waals surface area (Å²) < 4.78 is 28.5. The van der Waals surface area contributed by atoms with Crippen LogP contribution in [0.4, 0.5) is 5.69 Å². The van der Waals surface area contributed by atoms with E-state index in [4.69, 9.17) is 4.74 Å². The Hall–Kier alpha value is -1.58. The van der Waals surface area contributed by atoms with Crippen LogP contribution in [0.15, 0.2) is 29.3 Å². The number of ether oxygens (including phenoxy) is 1. The highest BCUT2D eigenvalue weighted by atomic mass is 32.2. The molecule has 1 aromatic carbocycles. The summed E-state index contributed by atoms with van der Waals surface area (Å²) in [5.41, 5.74) is 1.33. The molecule has 26 heavy (non-hydrogen) atoms. The number of nitrogens with zero attached hydrogens (tertiary/aromatic N) is 1. The molecule has 2 N–H and O–H groups in total. The van der Waals surface area contributed by atoms with Crippen molar-refractivity contribution in [1.29, 1.82) is 0 Å². The molecular formula is C17H23N3O4S2. The number of benzene rings is 1. The third-order valence-electron chi connectivity index (χ3n) is 4.15. The average molecular weight is 398 g/mol. The number of thioether (sulfide) groups is 1. The van der Waals surface area contributed by atoms with Crippen LogP contribution in [0, 0.1) is 0 Å². The van der Waals surface area contributed by atoms with Crippen LogP contribution in [0.2, 0.25) is 0 Å². The van der Waals surface area contributed by atoms with Crippen molar-refractivity contribution in [2.75, 3.05) is 36.6 Å². The molecule has 1 amide bonds. The van der Waals surface area contributed by atoms with Crippen molar-refractivity contribution in [3.8, 4) is 0 Å². The van der Waals surface area contributed by atoms with Gasteiger partial charge in [0.2, 0.25) is 0 Å². The summed E-state index contributed by atoms with van der Waals surface area (Å²) in [6.07, 6.45) is 0.774. The minimum absolute atomic E-state index is 0.000629. The van der Waals surface area contributed by atoms with Gasteiger partial charge in [-0.25, -0.2) is 8.42 Å². The summed E-state index contributed by atoms with van der Waals surface area (Å²) in [7, 11) is -2.95. The topological polar surface area (TPSA) is 96.9 Å². The first-order valence-electron chi connectivity index (χ1n) is 8.65. The number of sulfone groups is 1. The molecule has 0 radical (unpaired) electrons. The number of amides is 1. The van der Waals surface area contributed by atoms with Gasteiger partial charge in [0.15, 0.2) is 15.0 Å². The molecule has 0 spiro atoms. The Kier molecular flexibility index (Phi) is 6.20. The fraction of sp³-hybridized carbons (Fsp3) is 0.529. The summed E-state index contributed by atoms with van der Waals surface area (Å²) in [4.78, 5) is 16.7. The van der Waals surface area contributed by atoms with E-state index >= 15 is 0 Å². The normalized spacial score (nSPS) is 23.3. The van der Waals surface area contributed by atoms with E-state index in [-0.39, 0.29) is 28.7 Å². The first-order valence-corrected chi connectivity index (χ1v) is 11.3. The lowest BCUT2D eigenvalue weighted by Crippen LogP contribution is -2.25. The van der Waals surface area contributed by atoms with Crippen molar-refractivity contribution in [3.05, 3.63) is 29.8 Å². The average Bonchev–Trinajstić information content (AvgIpc) is 3.07. The molecule has 0 unspecified atom stereocenters. The summed E-state index contributed by atoms with van der Waals surface area (Å²) in [6.45, 7) is 3.82. The van der Waals surface area contributed by atoms with Gasteiger partial charge in [0.25, 0.3) is 5.91 Å². The van der Waals surface area contributed by atoms with E-state index in [1.54, 1.807) is 12.1 Å². The minimum Gasteiger partial charge on any atom is -0.382 e. The Labute approximate surface area is 157 Å². The van der Waals surface area contributed by atoms with Crippen LogP contribution in [-0.4, -0.2) is 62.0 Å². The maximum atomic E-state index is 12.2. The lowest BCUT2D eigenvalue weighted by molar-refractivity contribution is 0.0944. The Morgan fingerprint density at radius 3 is 3.00 bits per heavy atom. The molecule has 2 heterocycles. The van der Waals surface area contributed by atoms with Crippen LogP contribution in [-0.2, 0) is 14.6 Å². The second-order valence-electron chi connectivity index (χ2n) is 6.25. The van der Waals surface area contributed by atoms with Gasteiger partial charge in [0, 0.05) is 36.3 Å². The van der Waals surface area contributed by atoms with Crippen molar-refractivity contribution in [2.24, 2.45) is 4.99 Å².